The molecule has 1 aromatic heterocycles. The Morgan fingerprint density at radius 1 is 1.14 bits per heavy atom. The Hall–Kier alpha value is -4.70. The average molecular weight is 581 g/mol. The van der Waals surface area contributed by atoms with Crippen LogP contribution in [0.3, 0.4) is 0 Å². The molecule has 220 valence electrons. The summed E-state index contributed by atoms with van der Waals surface area (Å²) in [5.74, 6) is -0.791. The molecule has 0 spiro atoms. The van der Waals surface area contributed by atoms with Crippen molar-refractivity contribution in [3.8, 4) is 0 Å². The molecule has 1 atom stereocenters. The van der Waals surface area contributed by atoms with Crippen molar-refractivity contribution in [2.75, 3.05) is 24.5 Å². The van der Waals surface area contributed by atoms with Gasteiger partial charge >= 0.3 is 0 Å². The summed E-state index contributed by atoms with van der Waals surface area (Å²) in [6.45, 7) is 3.47. The maximum atomic E-state index is 13.5. The summed E-state index contributed by atoms with van der Waals surface area (Å²) in [5, 5.41) is 12.7. The lowest BCUT2D eigenvalue weighted by Gasteiger charge is -2.42. The molecule has 3 aromatic rings. The second-order valence-corrected chi connectivity index (χ2v) is 12.6. The summed E-state index contributed by atoms with van der Waals surface area (Å²) in [6.07, 6.45) is 8.04. The van der Waals surface area contributed by atoms with Gasteiger partial charge in [-0.05, 0) is 66.3 Å². The van der Waals surface area contributed by atoms with Crippen molar-refractivity contribution in [1.82, 2.24) is 20.0 Å². The molecule has 4 aliphatic rings. The predicted octanol–water partition coefficient (Wildman–Crippen LogP) is 3.82. The van der Waals surface area contributed by atoms with Crippen LogP contribution in [0.4, 0.5) is 5.69 Å². The van der Waals surface area contributed by atoms with Crippen molar-refractivity contribution in [1.29, 1.82) is 0 Å². The van der Waals surface area contributed by atoms with Crippen LogP contribution in [0.25, 0.3) is 21.2 Å². The first-order valence-electron chi connectivity index (χ1n) is 14.8. The number of likely N-dealkylation sites (tertiary alicyclic amines) is 1. The van der Waals surface area contributed by atoms with E-state index in [4.69, 9.17) is 10.6 Å². The fourth-order valence-electron chi connectivity index (χ4n) is 6.92. The molecule has 7 rings (SSSR count). The molecular weight excluding hydrogens is 548 g/mol. The number of aromatic nitrogens is 2. The summed E-state index contributed by atoms with van der Waals surface area (Å²) in [6, 6.07) is 8.75. The molecule has 4 heterocycles. The van der Waals surface area contributed by atoms with E-state index in [2.05, 4.69) is 15.3 Å². The summed E-state index contributed by atoms with van der Waals surface area (Å²) in [5.41, 5.74) is 11.6. The highest BCUT2D eigenvalue weighted by atomic mass is 16.2. The van der Waals surface area contributed by atoms with Gasteiger partial charge in [0, 0.05) is 53.4 Å². The third-order valence-electron chi connectivity index (χ3n) is 9.78. The third-order valence-corrected chi connectivity index (χ3v) is 9.78. The minimum atomic E-state index is -0.731. The summed E-state index contributed by atoms with van der Waals surface area (Å²) >= 11 is 0. The fraction of sp³-hybridized carbons (Fsp3) is 0.452. The van der Waals surface area contributed by atoms with E-state index < -0.39 is 17.5 Å². The van der Waals surface area contributed by atoms with Gasteiger partial charge in [0.1, 0.15) is 6.04 Å². The van der Waals surface area contributed by atoms with Crippen LogP contribution < -0.4 is 10.2 Å². The van der Waals surface area contributed by atoms with Crippen molar-refractivity contribution in [2.45, 2.75) is 63.5 Å². The number of hydrogen-bond acceptors (Lipinski definition) is 6. The summed E-state index contributed by atoms with van der Waals surface area (Å²) in [7, 11) is 0. The van der Waals surface area contributed by atoms with Gasteiger partial charge in [-0.15, -0.1) is 0 Å². The maximum absolute atomic E-state index is 13.5. The quantitative estimate of drug-likeness (QED) is 0.195. The number of anilines is 1. The van der Waals surface area contributed by atoms with Gasteiger partial charge in [-0.1, -0.05) is 30.2 Å². The Morgan fingerprint density at radius 3 is 2.65 bits per heavy atom. The first-order chi connectivity index (χ1) is 20.7. The molecule has 0 radical (unpaired) electrons. The molecule has 2 saturated heterocycles. The van der Waals surface area contributed by atoms with Crippen LogP contribution in [0.15, 0.2) is 47.8 Å². The van der Waals surface area contributed by atoms with Gasteiger partial charge in [0.05, 0.1) is 24.0 Å². The zero-order valence-corrected chi connectivity index (χ0v) is 24.0. The van der Waals surface area contributed by atoms with E-state index in [0.29, 0.717) is 43.6 Å². The highest BCUT2D eigenvalue weighted by molar-refractivity contribution is 6.27. The van der Waals surface area contributed by atoms with Crippen molar-refractivity contribution in [2.24, 2.45) is 10.5 Å². The highest BCUT2D eigenvalue weighted by Crippen LogP contribution is 2.47. The third kappa shape index (κ3) is 4.44. The van der Waals surface area contributed by atoms with E-state index >= 15 is 0 Å². The van der Waals surface area contributed by atoms with Gasteiger partial charge in [-0.3, -0.25) is 34.1 Å². The van der Waals surface area contributed by atoms with Gasteiger partial charge < -0.3 is 4.90 Å². The number of hydrogen-bond donors (Lipinski definition) is 1. The minimum Gasteiger partial charge on any atom is -0.342 e. The lowest BCUT2D eigenvalue weighted by molar-refractivity contribution is -0.138. The zero-order valence-electron chi connectivity index (χ0n) is 24.0. The van der Waals surface area contributed by atoms with E-state index in [0.717, 1.165) is 34.7 Å². The van der Waals surface area contributed by atoms with Crippen LogP contribution in [0.5, 0.6) is 0 Å². The van der Waals surface area contributed by atoms with Crippen LogP contribution in [0.1, 0.15) is 66.9 Å². The number of amides is 4. The first kappa shape index (κ1) is 27.2. The van der Waals surface area contributed by atoms with E-state index in [1.54, 1.807) is 6.07 Å². The van der Waals surface area contributed by atoms with Crippen LogP contribution in [-0.2, 0) is 26.3 Å². The van der Waals surface area contributed by atoms with Crippen LogP contribution in [-0.4, -0.2) is 64.0 Å². The number of azide groups is 1. The number of benzene rings is 2. The summed E-state index contributed by atoms with van der Waals surface area (Å²) < 4.78 is 1.91. The smallest absolute Gasteiger partial charge is 0.259 e. The average Bonchev–Trinajstić information content (AvgIpc) is 3.47. The van der Waals surface area contributed by atoms with E-state index in [1.807, 2.05) is 53.2 Å². The number of rotatable bonds is 7. The Kier molecular flexibility index (Phi) is 6.28. The van der Waals surface area contributed by atoms with Gasteiger partial charge in [0.2, 0.25) is 17.7 Å². The topological polar surface area (TPSA) is 153 Å². The maximum Gasteiger partial charge on any atom is 0.259 e. The molecule has 0 bridgehead atoms. The zero-order chi connectivity index (χ0) is 29.9. The SMILES string of the molecule is CC1(C(=O)N2CCC(CN=[N+]=[N-])(n3cc(Cc4ccc5c6c(cccc46)C(=O)N5C4CCC(=O)NC4=O)cn3)CC2)CC1. The van der Waals surface area contributed by atoms with Crippen LogP contribution in [0, 0.1) is 5.41 Å². The fourth-order valence-corrected chi connectivity index (χ4v) is 6.92. The van der Waals surface area contributed by atoms with Gasteiger partial charge in [0.15, 0.2) is 0 Å². The molecule has 1 unspecified atom stereocenters. The van der Waals surface area contributed by atoms with E-state index in [1.165, 1.54) is 4.90 Å². The lowest BCUT2D eigenvalue weighted by atomic mass is 9.87. The Labute approximate surface area is 247 Å². The normalized spacial score (nSPS) is 22.0. The van der Waals surface area contributed by atoms with E-state index in [9.17, 15) is 19.2 Å². The Bertz CT molecular complexity index is 1740. The summed E-state index contributed by atoms with van der Waals surface area (Å²) in [4.78, 5) is 57.3. The second-order valence-electron chi connectivity index (χ2n) is 12.6. The van der Waals surface area contributed by atoms with Crippen molar-refractivity contribution in [3.63, 3.8) is 0 Å². The van der Waals surface area contributed by atoms with Crippen LogP contribution >= 0.6 is 0 Å². The second kappa shape index (κ2) is 9.95. The number of carbonyl (C=O) groups is 4. The monoisotopic (exact) mass is 580 g/mol. The molecule has 3 fully saturated rings. The first-order valence-corrected chi connectivity index (χ1v) is 14.8. The predicted molar refractivity (Wildman–Crippen MR) is 157 cm³/mol. The molecule has 3 aliphatic heterocycles. The van der Waals surface area contributed by atoms with E-state index in [-0.39, 0.29) is 42.5 Å². The number of nitrogens with one attached hydrogen (secondary N) is 1. The molecule has 2 aromatic carbocycles. The molecule has 12 heteroatoms. The molecule has 12 nitrogen and oxygen atoms in total. The molecule has 1 saturated carbocycles. The largest absolute Gasteiger partial charge is 0.342 e. The number of imide groups is 1. The molecule has 4 amide bonds. The van der Waals surface area contributed by atoms with Crippen molar-refractivity contribution < 1.29 is 19.2 Å². The lowest BCUT2D eigenvalue weighted by Crippen LogP contribution is -2.53. The number of piperidine rings is 2. The highest BCUT2D eigenvalue weighted by Gasteiger charge is 2.49. The van der Waals surface area contributed by atoms with Crippen LogP contribution in [0.2, 0.25) is 0 Å². The van der Waals surface area contributed by atoms with Crippen molar-refractivity contribution in [3.05, 3.63) is 69.9 Å². The Balaban J connectivity index is 1.15. The Morgan fingerprint density at radius 2 is 1.93 bits per heavy atom. The molecule has 1 N–H and O–H groups in total. The number of nitrogens with zero attached hydrogens (tertiary/aromatic N) is 7. The molecule has 43 heavy (non-hydrogen) atoms. The molecule has 1 aliphatic carbocycles. The molecular formula is C31H32N8O4. The van der Waals surface area contributed by atoms with Gasteiger partial charge in [-0.2, -0.15) is 5.10 Å². The minimum absolute atomic E-state index is 0.191. The van der Waals surface area contributed by atoms with Gasteiger partial charge in [-0.25, -0.2) is 0 Å². The standard InChI is InChI=1S/C31H32N8O4/c1-30(9-10-30)29(43)37-13-11-31(12-14-37,18-33-36-32)38-17-19(16-34-38)15-20-5-6-23-26-21(20)3-2-4-22(26)28(42)39(23)24-7-8-25(40)35-27(24)41/h2-6,16-17,24H,7-15,18H2,1H3,(H,35,40,41). The van der Waals surface area contributed by atoms with Crippen molar-refractivity contribution >= 4 is 40.1 Å². The number of carbonyl (C=O) groups excluding carboxylic acids is 4. The van der Waals surface area contributed by atoms with Gasteiger partial charge in [0.25, 0.3) is 5.91 Å².